The van der Waals surface area contributed by atoms with Crippen LogP contribution in [0.25, 0.3) is 0 Å². The SMILES string of the molecule is CCCCC1OC1[C@H](O)C(C)C. The van der Waals surface area contributed by atoms with Crippen LogP contribution in [0.2, 0.25) is 0 Å². The van der Waals surface area contributed by atoms with Gasteiger partial charge in [0.2, 0.25) is 0 Å². The molecule has 0 amide bonds. The fourth-order valence-corrected chi connectivity index (χ4v) is 1.47. The van der Waals surface area contributed by atoms with Gasteiger partial charge < -0.3 is 9.84 Å². The maximum Gasteiger partial charge on any atom is 0.110 e. The molecule has 0 radical (unpaired) electrons. The summed E-state index contributed by atoms with van der Waals surface area (Å²) >= 11 is 0. The van der Waals surface area contributed by atoms with E-state index in [1.165, 1.54) is 12.8 Å². The van der Waals surface area contributed by atoms with E-state index >= 15 is 0 Å². The van der Waals surface area contributed by atoms with Gasteiger partial charge in [0, 0.05) is 0 Å². The maximum atomic E-state index is 9.61. The highest BCUT2D eigenvalue weighted by Crippen LogP contribution is 2.32. The Morgan fingerprint density at radius 3 is 2.58 bits per heavy atom. The van der Waals surface area contributed by atoms with E-state index in [4.69, 9.17) is 4.74 Å². The molecule has 0 saturated carbocycles. The van der Waals surface area contributed by atoms with E-state index in [0.717, 1.165) is 6.42 Å². The second-order valence-electron chi connectivity index (χ2n) is 4.02. The van der Waals surface area contributed by atoms with Gasteiger partial charge in [-0.05, 0) is 12.3 Å². The first-order valence-corrected chi connectivity index (χ1v) is 5.00. The fraction of sp³-hybridized carbons (Fsp3) is 1.00. The largest absolute Gasteiger partial charge is 0.390 e. The number of unbranched alkanes of at least 4 members (excludes halogenated alkanes) is 1. The van der Waals surface area contributed by atoms with Crippen LogP contribution in [0.1, 0.15) is 40.0 Å². The zero-order chi connectivity index (χ0) is 9.14. The van der Waals surface area contributed by atoms with Gasteiger partial charge >= 0.3 is 0 Å². The summed E-state index contributed by atoms with van der Waals surface area (Å²) in [6, 6.07) is 0. The van der Waals surface area contributed by atoms with Gasteiger partial charge in [0.25, 0.3) is 0 Å². The Bertz CT molecular complexity index is 134. The second kappa shape index (κ2) is 4.24. The molecule has 0 aromatic rings. The zero-order valence-electron chi connectivity index (χ0n) is 8.29. The van der Waals surface area contributed by atoms with Crippen LogP contribution < -0.4 is 0 Å². The number of hydrogen-bond donors (Lipinski definition) is 1. The van der Waals surface area contributed by atoms with Crippen LogP contribution in [-0.4, -0.2) is 23.4 Å². The van der Waals surface area contributed by atoms with Crippen molar-refractivity contribution >= 4 is 0 Å². The first kappa shape index (κ1) is 10.0. The molecular weight excluding hydrogens is 152 g/mol. The van der Waals surface area contributed by atoms with Crippen LogP contribution >= 0.6 is 0 Å². The van der Waals surface area contributed by atoms with Gasteiger partial charge in [-0.2, -0.15) is 0 Å². The summed E-state index contributed by atoms with van der Waals surface area (Å²) in [6.07, 6.45) is 3.77. The molecule has 0 aromatic carbocycles. The van der Waals surface area contributed by atoms with Gasteiger partial charge in [-0.1, -0.05) is 33.6 Å². The van der Waals surface area contributed by atoms with Gasteiger partial charge in [0.15, 0.2) is 0 Å². The van der Waals surface area contributed by atoms with E-state index in [9.17, 15) is 5.11 Å². The Hall–Kier alpha value is -0.0800. The minimum atomic E-state index is -0.258. The lowest BCUT2D eigenvalue weighted by Gasteiger charge is -2.10. The van der Waals surface area contributed by atoms with Gasteiger partial charge in [0.05, 0.1) is 12.2 Å². The maximum absolute atomic E-state index is 9.61. The Balaban J connectivity index is 2.14. The van der Waals surface area contributed by atoms with Crippen molar-refractivity contribution in [3.05, 3.63) is 0 Å². The third-order valence-electron chi connectivity index (χ3n) is 2.48. The van der Waals surface area contributed by atoms with E-state index in [0.29, 0.717) is 12.0 Å². The molecule has 1 fully saturated rings. The third kappa shape index (κ3) is 2.46. The van der Waals surface area contributed by atoms with E-state index in [1.807, 2.05) is 13.8 Å². The average molecular weight is 172 g/mol. The lowest BCUT2D eigenvalue weighted by molar-refractivity contribution is 0.0922. The van der Waals surface area contributed by atoms with E-state index in [2.05, 4.69) is 6.92 Å². The molecule has 1 aliphatic rings. The number of rotatable bonds is 5. The zero-order valence-corrected chi connectivity index (χ0v) is 8.29. The van der Waals surface area contributed by atoms with Gasteiger partial charge in [0.1, 0.15) is 6.10 Å². The molecule has 1 saturated heterocycles. The third-order valence-corrected chi connectivity index (χ3v) is 2.48. The second-order valence-corrected chi connectivity index (χ2v) is 4.02. The van der Waals surface area contributed by atoms with Crippen molar-refractivity contribution < 1.29 is 9.84 Å². The lowest BCUT2D eigenvalue weighted by atomic mass is 10.0. The summed E-state index contributed by atoms with van der Waals surface area (Å²) < 4.78 is 5.39. The van der Waals surface area contributed by atoms with Crippen molar-refractivity contribution in [3.8, 4) is 0 Å². The van der Waals surface area contributed by atoms with Gasteiger partial charge in [-0.15, -0.1) is 0 Å². The molecular formula is C10H20O2. The van der Waals surface area contributed by atoms with Crippen molar-refractivity contribution in [1.82, 2.24) is 0 Å². The summed E-state index contributed by atoms with van der Waals surface area (Å²) in [7, 11) is 0. The van der Waals surface area contributed by atoms with Crippen molar-refractivity contribution in [2.45, 2.75) is 58.3 Å². The normalized spacial score (nSPS) is 30.8. The van der Waals surface area contributed by atoms with Crippen LogP contribution in [0.15, 0.2) is 0 Å². The molecule has 0 bridgehead atoms. The number of aliphatic hydroxyl groups is 1. The molecule has 2 unspecified atom stereocenters. The highest BCUT2D eigenvalue weighted by Gasteiger charge is 2.44. The summed E-state index contributed by atoms with van der Waals surface area (Å²) in [4.78, 5) is 0. The van der Waals surface area contributed by atoms with E-state index in [-0.39, 0.29) is 12.2 Å². The van der Waals surface area contributed by atoms with Crippen molar-refractivity contribution in [2.75, 3.05) is 0 Å². The van der Waals surface area contributed by atoms with Gasteiger partial charge in [-0.25, -0.2) is 0 Å². The lowest BCUT2D eigenvalue weighted by Crippen LogP contribution is -2.23. The number of ether oxygens (including phenoxy) is 1. The standard InChI is InChI=1S/C10H20O2/c1-4-5-6-8-10(12-8)9(11)7(2)3/h7-11H,4-6H2,1-3H3/t8?,9-,10?/m1/s1. The Morgan fingerprint density at radius 2 is 2.08 bits per heavy atom. The molecule has 72 valence electrons. The molecule has 1 rings (SSSR count). The first-order valence-electron chi connectivity index (χ1n) is 5.00. The Kier molecular flexibility index (Phi) is 3.53. The van der Waals surface area contributed by atoms with Crippen molar-refractivity contribution in [1.29, 1.82) is 0 Å². The van der Waals surface area contributed by atoms with Crippen LogP contribution in [0, 0.1) is 5.92 Å². The summed E-state index contributed by atoms with van der Waals surface area (Å²) in [5, 5.41) is 9.61. The molecule has 3 atom stereocenters. The summed E-state index contributed by atoms with van der Waals surface area (Å²) in [5.41, 5.74) is 0. The Morgan fingerprint density at radius 1 is 1.42 bits per heavy atom. The van der Waals surface area contributed by atoms with Crippen LogP contribution in [-0.2, 0) is 4.74 Å². The quantitative estimate of drug-likeness (QED) is 0.643. The van der Waals surface area contributed by atoms with Crippen LogP contribution in [0.3, 0.4) is 0 Å². The van der Waals surface area contributed by atoms with Gasteiger partial charge in [-0.3, -0.25) is 0 Å². The molecule has 12 heavy (non-hydrogen) atoms. The summed E-state index contributed by atoms with van der Waals surface area (Å²) in [5.74, 6) is 0.321. The first-order chi connectivity index (χ1) is 5.66. The molecule has 0 aliphatic carbocycles. The van der Waals surface area contributed by atoms with Crippen LogP contribution in [0.4, 0.5) is 0 Å². The molecule has 0 spiro atoms. The summed E-state index contributed by atoms with van der Waals surface area (Å²) in [6.45, 7) is 6.24. The predicted octanol–water partition coefficient (Wildman–Crippen LogP) is 1.96. The minimum Gasteiger partial charge on any atom is -0.390 e. The van der Waals surface area contributed by atoms with Crippen LogP contribution in [0.5, 0.6) is 0 Å². The Labute approximate surface area is 74.9 Å². The van der Waals surface area contributed by atoms with Crippen molar-refractivity contribution in [3.63, 3.8) is 0 Å². The smallest absolute Gasteiger partial charge is 0.110 e. The number of aliphatic hydroxyl groups excluding tert-OH is 1. The van der Waals surface area contributed by atoms with E-state index < -0.39 is 0 Å². The number of epoxide rings is 1. The molecule has 1 aliphatic heterocycles. The highest BCUT2D eigenvalue weighted by atomic mass is 16.6. The predicted molar refractivity (Wildman–Crippen MR) is 49.0 cm³/mol. The fourth-order valence-electron chi connectivity index (χ4n) is 1.47. The average Bonchev–Trinajstić information content (AvgIpc) is 2.78. The topological polar surface area (TPSA) is 32.8 Å². The molecule has 0 aromatic heterocycles. The molecule has 1 heterocycles. The molecule has 2 heteroatoms. The van der Waals surface area contributed by atoms with Crippen molar-refractivity contribution in [2.24, 2.45) is 5.92 Å². The molecule has 1 N–H and O–H groups in total. The monoisotopic (exact) mass is 172 g/mol. The number of hydrogen-bond acceptors (Lipinski definition) is 2. The van der Waals surface area contributed by atoms with E-state index in [1.54, 1.807) is 0 Å². The highest BCUT2D eigenvalue weighted by molar-refractivity contribution is 4.91. The minimum absolute atomic E-state index is 0.136. The molecule has 2 nitrogen and oxygen atoms in total.